The molecule has 0 spiro atoms. The fourth-order valence-electron chi connectivity index (χ4n) is 1.26. The number of hydrogen-bond acceptors (Lipinski definition) is 4. The van der Waals surface area contributed by atoms with Gasteiger partial charge in [0.05, 0.1) is 12.4 Å². The second kappa shape index (κ2) is 5.61. The van der Waals surface area contributed by atoms with Gasteiger partial charge >= 0.3 is 0 Å². The van der Waals surface area contributed by atoms with Gasteiger partial charge in [-0.15, -0.1) is 0 Å². The first-order chi connectivity index (χ1) is 8.56. The predicted octanol–water partition coefficient (Wildman–Crippen LogP) is 2.68. The topological polar surface area (TPSA) is 80.9 Å². The number of anilines is 2. The number of nitrogens with zero attached hydrogens (tertiary/aromatic N) is 2. The van der Waals surface area contributed by atoms with E-state index in [4.69, 9.17) is 5.73 Å². The van der Waals surface area contributed by atoms with Crippen LogP contribution in [0.25, 0.3) is 0 Å². The van der Waals surface area contributed by atoms with Gasteiger partial charge in [-0.05, 0) is 56.7 Å². The summed E-state index contributed by atoms with van der Waals surface area (Å²) in [5, 5.41) is 2.73. The Labute approximate surface area is 125 Å². The van der Waals surface area contributed by atoms with Crippen LogP contribution in [0.5, 0.6) is 0 Å². The first kappa shape index (κ1) is 13.2. The molecule has 5 nitrogen and oxygen atoms in total. The van der Waals surface area contributed by atoms with Crippen LogP contribution in [-0.4, -0.2) is 15.9 Å². The summed E-state index contributed by atoms with van der Waals surface area (Å²) in [4.78, 5) is 19.6. The Morgan fingerprint density at radius 2 is 2.17 bits per heavy atom. The molecule has 1 aromatic carbocycles. The molecular weight excluding hydrogens is 411 g/mol. The Kier molecular flexibility index (Phi) is 4.12. The van der Waals surface area contributed by atoms with Gasteiger partial charge in [0.15, 0.2) is 0 Å². The maximum Gasteiger partial charge on any atom is 0.275 e. The maximum atomic E-state index is 11.9. The quantitative estimate of drug-likeness (QED) is 0.734. The molecule has 92 valence electrons. The number of rotatable bonds is 2. The lowest BCUT2D eigenvalue weighted by molar-refractivity contribution is 0.102. The zero-order chi connectivity index (χ0) is 13.1. The molecule has 0 unspecified atom stereocenters. The summed E-state index contributed by atoms with van der Waals surface area (Å²) < 4.78 is 1.98. The number of hydrogen-bond donors (Lipinski definition) is 2. The first-order valence-electron chi connectivity index (χ1n) is 4.90. The molecule has 7 heteroatoms. The largest absolute Gasteiger partial charge is 0.382 e. The summed E-state index contributed by atoms with van der Waals surface area (Å²) in [7, 11) is 0. The van der Waals surface area contributed by atoms with Gasteiger partial charge in [-0.2, -0.15) is 0 Å². The monoisotopic (exact) mass is 418 g/mol. The number of carbonyl (C=O) groups is 1. The molecular formula is C11H8BrIN4O. The molecule has 0 fully saturated rings. The smallest absolute Gasteiger partial charge is 0.275 e. The van der Waals surface area contributed by atoms with Crippen LogP contribution >= 0.6 is 38.5 Å². The van der Waals surface area contributed by atoms with Crippen molar-refractivity contribution >= 4 is 55.9 Å². The second-order valence-corrected chi connectivity index (χ2v) is 5.43. The van der Waals surface area contributed by atoms with Crippen LogP contribution in [0.4, 0.5) is 11.5 Å². The highest BCUT2D eigenvalue weighted by molar-refractivity contribution is 14.1. The molecule has 2 aromatic rings. The van der Waals surface area contributed by atoms with Gasteiger partial charge < -0.3 is 11.1 Å². The average molecular weight is 419 g/mol. The highest BCUT2D eigenvalue weighted by atomic mass is 127. The van der Waals surface area contributed by atoms with Crippen molar-refractivity contribution in [3.05, 3.63) is 44.3 Å². The van der Waals surface area contributed by atoms with E-state index in [0.29, 0.717) is 5.69 Å². The van der Waals surface area contributed by atoms with Crippen molar-refractivity contribution < 1.29 is 4.79 Å². The highest BCUT2D eigenvalue weighted by Gasteiger charge is 2.09. The highest BCUT2D eigenvalue weighted by Crippen LogP contribution is 2.22. The number of nitrogen functional groups attached to an aromatic ring is 1. The van der Waals surface area contributed by atoms with Gasteiger partial charge in [0.2, 0.25) is 0 Å². The molecule has 0 atom stereocenters. The molecule has 1 amide bonds. The van der Waals surface area contributed by atoms with E-state index in [-0.39, 0.29) is 17.4 Å². The van der Waals surface area contributed by atoms with Gasteiger partial charge in [0.1, 0.15) is 11.5 Å². The summed E-state index contributed by atoms with van der Waals surface area (Å²) >= 11 is 5.56. The average Bonchev–Trinajstić information content (AvgIpc) is 2.34. The van der Waals surface area contributed by atoms with Crippen LogP contribution in [0.1, 0.15) is 10.5 Å². The Morgan fingerprint density at radius 3 is 2.83 bits per heavy atom. The molecule has 0 bridgehead atoms. The SMILES string of the molecule is Nc1cncc(C(=O)Nc2ccc(Br)c(I)c2)n1. The predicted molar refractivity (Wildman–Crippen MR) is 81.3 cm³/mol. The second-order valence-electron chi connectivity index (χ2n) is 3.41. The van der Waals surface area contributed by atoms with Crippen molar-refractivity contribution in [2.75, 3.05) is 11.1 Å². The Balaban J connectivity index is 2.18. The molecule has 3 N–H and O–H groups in total. The van der Waals surface area contributed by atoms with Crippen LogP contribution in [0.15, 0.2) is 35.1 Å². The molecule has 0 radical (unpaired) electrons. The maximum absolute atomic E-state index is 11.9. The molecule has 0 saturated carbocycles. The van der Waals surface area contributed by atoms with Gasteiger partial charge in [0, 0.05) is 13.7 Å². The summed E-state index contributed by atoms with van der Waals surface area (Å²) in [6.45, 7) is 0. The van der Waals surface area contributed by atoms with E-state index >= 15 is 0 Å². The zero-order valence-electron chi connectivity index (χ0n) is 9.02. The van der Waals surface area contributed by atoms with Gasteiger partial charge in [-0.25, -0.2) is 4.98 Å². The van der Waals surface area contributed by atoms with E-state index < -0.39 is 0 Å². The van der Waals surface area contributed by atoms with Crippen LogP contribution in [0.2, 0.25) is 0 Å². The van der Waals surface area contributed by atoms with Crippen LogP contribution < -0.4 is 11.1 Å². The Hall–Kier alpha value is -1.22. The van der Waals surface area contributed by atoms with Crippen LogP contribution in [0, 0.1) is 3.57 Å². The van der Waals surface area contributed by atoms with Gasteiger partial charge in [-0.3, -0.25) is 9.78 Å². The number of nitrogens with one attached hydrogen (secondary N) is 1. The summed E-state index contributed by atoms with van der Waals surface area (Å²) in [6, 6.07) is 5.51. The number of benzene rings is 1. The lowest BCUT2D eigenvalue weighted by Gasteiger charge is -2.06. The van der Waals surface area contributed by atoms with Crippen molar-refractivity contribution in [1.82, 2.24) is 9.97 Å². The van der Waals surface area contributed by atoms with E-state index in [2.05, 4.69) is 53.8 Å². The van der Waals surface area contributed by atoms with Gasteiger partial charge in [0.25, 0.3) is 5.91 Å². The number of amides is 1. The zero-order valence-corrected chi connectivity index (χ0v) is 12.8. The lowest BCUT2D eigenvalue weighted by Crippen LogP contribution is -2.14. The Bertz CT molecular complexity index is 605. The Morgan fingerprint density at radius 1 is 1.39 bits per heavy atom. The van der Waals surface area contributed by atoms with E-state index in [1.54, 1.807) is 6.07 Å². The van der Waals surface area contributed by atoms with Crippen molar-refractivity contribution in [3.8, 4) is 0 Å². The van der Waals surface area contributed by atoms with Crippen molar-refractivity contribution in [2.45, 2.75) is 0 Å². The summed E-state index contributed by atoms with van der Waals surface area (Å²) in [5.41, 5.74) is 6.35. The third-order valence-electron chi connectivity index (χ3n) is 2.06. The third kappa shape index (κ3) is 3.16. The number of carbonyl (C=O) groups excluding carboxylic acids is 1. The standard InChI is InChI=1S/C11H8BrIN4O/c12-7-2-1-6(3-8(7)13)16-11(18)9-4-15-5-10(14)17-9/h1-5H,(H2,14,17)(H,16,18). The molecule has 0 saturated heterocycles. The molecule has 1 heterocycles. The van der Waals surface area contributed by atoms with E-state index in [0.717, 1.165) is 8.04 Å². The third-order valence-corrected chi connectivity index (χ3v) is 4.39. The minimum atomic E-state index is -0.340. The molecule has 0 aliphatic rings. The number of aromatic nitrogens is 2. The fourth-order valence-corrected chi connectivity index (χ4v) is 2.02. The van der Waals surface area contributed by atoms with Crippen molar-refractivity contribution in [2.24, 2.45) is 0 Å². The fraction of sp³-hybridized carbons (Fsp3) is 0. The van der Waals surface area contributed by atoms with E-state index in [1.807, 2.05) is 12.1 Å². The number of halogens is 2. The summed E-state index contributed by atoms with van der Waals surface area (Å²) in [5.74, 6) is -0.124. The molecule has 0 aliphatic carbocycles. The normalized spacial score (nSPS) is 10.1. The molecule has 1 aromatic heterocycles. The van der Waals surface area contributed by atoms with E-state index in [1.165, 1.54) is 12.4 Å². The summed E-state index contributed by atoms with van der Waals surface area (Å²) in [6.07, 6.45) is 2.76. The minimum Gasteiger partial charge on any atom is -0.382 e. The molecule has 0 aliphatic heterocycles. The van der Waals surface area contributed by atoms with Crippen molar-refractivity contribution in [3.63, 3.8) is 0 Å². The molecule has 2 rings (SSSR count). The van der Waals surface area contributed by atoms with Crippen LogP contribution in [-0.2, 0) is 0 Å². The van der Waals surface area contributed by atoms with E-state index in [9.17, 15) is 4.79 Å². The number of nitrogens with two attached hydrogens (primary N) is 1. The molecule has 18 heavy (non-hydrogen) atoms. The lowest BCUT2D eigenvalue weighted by atomic mass is 10.3. The van der Waals surface area contributed by atoms with Gasteiger partial charge in [-0.1, -0.05) is 0 Å². The van der Waals surface area contributed by atoms with Crippen LogP contribution in [0.3, 0.4) is 0 Å². The van der Waals surface area contributed by atoms with Crippen molar-refractivity contribution in [1.29, 1.82) is 0 Å². The first-order valence-corrected chi connectivity index (χ1v) is 6.77. The minimum absolute atomic E-state index is 0.188.